The maximum Gasteiger partial charge on any atom is 0.307 e. The number of carbonyl (C=O) groups is 4. The van der Waals surface area contributed by atoms with Gasteiger partial charge < -0.3 is 10.1 Å². The number of nitrogens with one attached hydrogen (secondary N) is 1. The van der Waals surface area contributed by atoms with Crippen LogP contribution in [0.1, 0.15) is 50.7 Å². The summed E-state index contributed by atoms with van der Waals surface area (Å²) >= 11 is 0. The fourth-order valence-electron chi connectivity index (χ4n) is 3.22. The molecule has 1 aliphatic rings. The van der Waals surface area contributed by atoms with E-state index in [1.54, 1.807) is 24.3 Å². The van der Waals surface area contributed by atoms with Crippen molar-refractivity contribution < 1.29 is 23.9 Å². The normalized spacial score (nSPS) is 13.8. The Labute approximate surface area is 168 Å². The van der Waals surface area contributed by atoms with Crippen molar-refractivity contribution in [3.8, 4) is 0 Å². The third-order valence-corrected chi connectivity index (χ3v) is 4.85. The number of fused-ring (bicyclic) bond motifs is 1. The highest BCUT2D eigenvalue weighted by molar-refractivity contribution is 6.21. The van der Waals surface area contributed by atoms with Crippen LogP contribution in [-0.2, 0) is 14.3 Å². The van der Waals surface area contributed by atoms with Gasteiger partial charge in [-0.2, -0.15) is 0 Å². The van der Waals surface area contributed by atoms with Gasteiger partial charge >= 0.3 is 5.97 Å². The Morgan fingerprint density at radius 2 is 1.59 bits per heavy atom. The number of nitrogens with zero attached hydrogens (tertiary/aromatic N) is 1. The van der Waals surface area contributed by atoms with Crippen molar-refractivity contribution in [2.45, 2.75) is 25.8 Å². The van der Waals surface area contributed by atoms with Crippen LogP contribution in [0.5, 0.6) is 0 Å². The Hall–Kier alpha value is -3.48. The minimum Gasteiger partial charge on any atom is -0.469 e. The summed E-state index contributed by atoms with van der Waals surface area (Å²) in [5, 5.41) is 2.80. The average Bonchev–Trinajstić information content (AvgIpc) is 2.97. The van der Waals surface area contributed by atoms with E-state index < -0.39 is 23.8 Å². The van der Waals surface area contributed by atoms with Gasteiger partial charge in [-0.3, -0.25) is 24.1 Å². The second-order valence-corrected chi connectivity index (χ2v) is 6.87. The van der Waals surface area contributed by atoms with Crippen LogP contribution in [-0.4, -0.2) is 42.2 Å². The Bertz CT molecular complexity index is 917. The monoisotopic (exact) mass is 394 g/mol. The number of ether oxygens (including phenoxy) is 1. The van der Waals surface area contributed by atoms with E-state index in [-0.39, 0.29) is 25.3 Å². The Kier molecular flexibility index (Phi) is 6.07. The molecule has 0 unspecified atom stereocenters. The largest absolute Gasteiger partial charge is 0.469 e. The number of esters is 1. The van der Waals surface area contributed by atoms with E-state index in [4.69, 9.17) is 4.74 Å². The molecule has 3 amide bonds. The van der Waals surface area contributed by atoms with Crippen molar-refractivity contribution in [3.05, 3.63) is 70.8 Å². The quantitative estimate of drug-likeness (QED) is 0.575. The molecule has 0 radical (unpaired) electrons. The maximum absolute atomic E-state index is 12.5. The van der Waals surface area contributed by atoms with Gasteiger partial charge in [-0.15, -0.1) is 0 Å². The number of amides is 3. The minimum atomic E-state index is -0.558. The molecule has 0 fully saturated rings. The number of imide groups is 1. The van der Waals surface area contributed by atoms with Crippen LogP contribution in [0.15, 0.2) is 48.5 Å². The molecule has 0 spiro atoms. The molecule has 0 saturated carbocycles. The van der Waals surface area contributed by atoms with E-state index in [0.29, 0.717) is 11.1 Å². The standard InChI is InChI=1S/C22H22N2O5/c1-14-7-9-15(10-8-14)18(13-20(26)29-2)23-19(25)11-12-24-21(27)16-5-3-4-6-17(16)22(24)28/h3-10,18H,11-13H2,1-2H3,(H,23,25)/t18-/m0/s1. The number of aryl methyl sites for hydroxylation is 1. The number of carbonyl (C=O) groups excluding carboxylic acids is 4. The van der Waals surface area contributed by atoms with Gasteiger partial charge in [0.15, 0.2) is 0 Å². The molecule has 2 aromatic rings. The summed E-state index contributed by atoms with van der Waals surface area (Å²) in [5.74, 6) is -1.61. The molecular formula is C22H22N2O5. The lowest BCUT2D eigenvalue weighted by molar-refractivity contribution is -0.141. The van der Waals surface area contributed by atoms with Gasteiger partial charge in [-0.05, 0) is 24.6 Å². The van der Waals surface area contributed by atoms with Crippen LogP contribution in [0.4, 0.5) is 0 Å². The zero-order chi connectivity index (χ0) is 21.0. The molecule has 7 nitrogen and oxygen atoms in total. The first-order valence-electron chi connectivity index (χ1n) is 9.28. The highest BCUT2D eigenvalue weighted by atomic mass is 16.5. The molecule has 1 atom stereocenters. The number of rotatable bonds is 7. The van der Waals surface area contributed by atoms with Gasteiger partial charge in [-0.25, -0.2) is 0 Å². The highest BCUT2D eigenvalue weighted by Crippen LogP contribution is 2.23. The first kappa shape index (κ1) is 20.3. The molecule has 0 bridgehead atoms. The van der Waals surface area contributed by atoms with Crippen LogP contribution in [0.2, 0.25) is 0 Å². The molecule has 0 aromatic heterocycles. The van der Waals surface area contributed by atoms with Gasteiger partial charge in [0.25, 0.3) is 11.8 Å². The third-order valence-electron chi connectivity index (χ3n) is 4.85. The third kappa shape index (κ3) is 4.51. The Morgan fingerprint density at radius 3 is 2.14 bits per heavy atom. The molecule has 0 aliphatic carbocycles. The number of hydrogen-bond donors (Lipinski definition) is 1. The number of methoxy groups -OCH3 is 1. The van der Waals surface area contributed by atoms with E-state index >= 15 is 0 Å². The van der Waals surface area contributed by atoms with E-state index in [1.807, 2.05) is 31.2 Å². The SMILES string of the molecule is COC(=O)C[C@H](NC(=O)CCN1C(=O)c2ccccc2C1=O)c1ccc(C)cc1. The molecule has 0 saturated heterocycles. The van der Waals surface area contributed by atoms with Gasteiger partial charge in [-0.1, -0.05) is 42.0 Å². The first-order valence-corrected chi connectivity index (χ1v) is 9.28. The molecule has 2 aromatic carbocycles. The summed E-state index contributed by atoms with van der Waals surface area (Å²) in [6, 6.07) is 13.5. The van der Waals surface area contributed by atoms with Crippen LogP contribution in [0.25, 0.3) is 0 Å². The smallest absolute Gasteiger partial charge is 0.307 e. The number of benzene rings is 2. The minimum absolute atomic E-state index is 0.0156. The van der Waals surface area contributed by atoms with Gasteiger partial charge in [0, 0.05) is 13.0 Å². The molecule has 150 valence electrons. The van der Waals surface area contributed by atoms with E-state index in [2.05, 4.69) is 5.32 Å². The molecule has 3 rings (SSSR count). The molecule has 1 heterocycles. The van der Waals surface area contributed by atoms with Crippen molar-refractivity contribution in [1.82, 2.24) is 10.2 Å². The van der Waals surface area contributed by atoms with E-state index in [0.717, 1.165) is 16.0 Å². The second-order valence-electron chi connectivity index (χ2n) is 6.87. The van der Waals surface area contributed by atoms with Crippen molar-refractivity contribution in [2.24, 2.45) is 0 Å². The molecule has 29 heavy (non-hydrogen) atoms. The Morgan fingerprint density at radius 1 is 1.00 bits per heavy atom. The summed E-state index contributed by atoms with van der Waals surface area (Å²) < 4.78 is 4.72. The van der Waals surface area contributed by atoms with Crippen molar-refractivity contribution in [1.29, 1.82) is 0 Å². The summed E-state index contributed by atoms with van der Waals surface area (Å²) in [6.45, 7) is 1.91. The molecule has 1 aliphatic heterocycles. The van der Waals surface area contributed by atoms with Gasteiger partial charge in [0.05, 0.1) is 30.7 Å². The van der Waals surface area contributed by atoms with Crippen molar-refractivity contribution in [3.63, 3.8) is 0 Å². The van der Waals surface area contributed by atoms with Crippen LogP contribution >= 0.6 is 0 Å². The summed E-state index contributed by atoms with van der Waals surface area (Å²) in [6.07, 6.45) is -0.0761. The predicted molar refractivity (Wildman–Crippen MR) is 105 cm³/mol. The van der Waals surface area contributed by atoms with Crippen LogP contribution in [0.3, 0.4) is 0 Å². The second kappa shape index (κ2) is 8.68. The zero-order valence-corrected chi connectivity index (χ0v) is 16.3. The fraction of sp³-hybridized carbons (Fsp3) is 0.273. The molecule has 1 N–H and O–H groups in total. The molecule has 7 heteroatoms. The van der Waals surface area contributed by atoms with Gasteiger partial charge in [0.1, 0.15) is 0 Å². The van der Waals surface area contributed by atoms with Crippen LogP contribution in [0, 0.1) is 6.92 Å². The van der Waals surface area contributed by atoms with Crippen molar-refractivity contribution >= 4 is 23.7 Å². The van der Waals surface area contributed by atoms with Gasteiger partial charge in [0.2, 0.25) is 5.91 Å². The predicted octanol–water partition coefficient (Wildman–Crippen LogP) is 2.40. The fourth-order valence-corrected chi connectivity index (χ4v) is 3.22. The lowest BCUT2D eigenvalue weighted by atomic mass is 10.0. The topological polar surface area (TPSA) is 92.8 Å². The highest BCUT2D eigenvalue weighted by Gasteiger charge is 2.35. The zero-order valence-electron chi connectivity index (χ0n) is 16.3. The summed E-state index contributed by atoms with van der Waals surface area (Å²) in [4.78, 5) is 50.1. The average molecular weight is 394 g/mol. The van der Waals surface area contributed by atoms with E-state index in [1.165, 1.54) is 7.11 Å². The van der Waals surface area contributed by atoms with Crippen LogP contribution < -0.4 is 5.32 Å². The lowest BCUT2D eigenvalue weighted by Gasteiger charge is -2.19. The van der Waals surface area contributed by atoms with E-state index in [9.17, 15) is 19.2 Å². The summed E-state index contributed by atoms with van der Waals surface area (Å²) in [7, 11) is 1.29. The first-order chi connectivity index (χ1) is 13.9. The lowest BCUT2D eigenvalue weighted by Crippen LogP contribution is -2.36. The maximum atomic E-state index is 12.5. The Balaban J connectivity index is 1.64. The number of hydrogen-bond acceptors (Lipinski definition) is 5. The summed E-state index contributed by atoms with van der Waals surface area (Å²) in [5.41, 5.74) is 2.53. The molecular weight excluding hydrogens is 372 g/mol. The van der Waals surface area contributed by atoms with Crippen molar-refractivity contribution in [2.75, 3.05) is 13.7 Å².